The number of hydrogen-bond acceptors (Lipinski definition) is 0. The topological polar surface area (TPSA) is 0 Å². The van der Waals surface area contributed by atoms with E-state index in [1.807, 2.05) is 42.5 Å². The van der Waals surface area contributed by atoms with Crippen LogP contribution in [0.25, 0.3) is 44.5 Å². The summed E-state index contributed by atoms with van der Waals surface area (Å²) in [7, 11) is 6.35. The van der Waals surface area contributed by atoms with Crippen LogP contribution in [0.15, 0.2) is 120 Å². The van der Waals surface area contributed by atoms with Crippen LogP contribution in [0.1, 0.15) is 0 Å². The van der Waals surface area contributed by atoms with Crippen molar-refractivity contribution in [1.29, 1.82) is 0 Å². The van der Waals surface area contributed by atoms with E-state index in [-0.39, 0.29) is 0 Å². The molecular weight excluding hydrogens is 486 g/mol. The van der Waals surface area contributed by atoms with E-state index < -0.39 is 0 Å². The Hall–Kier alpha value is -3.07. The summed E-state index contributed by atoms with van der Waals surface area (Å²) in [6.45, 7) is 0. The number of hydrogen-bond donors (Lipinski definition) is 0. The van der Waals surface area contributed by atoms with Gasteiger partial charge in [0, 0.05) is 15.1 Å². The number of benzene rings is 5. The lowest BCUT2D eigenvalue weighted by Crippen LogP contribution is -2.05. The molecule has 2 radical (unpaired) electrons. The Kier molecular flexibility index (Phi) is 6.22. The average Bonchev–Trinajstić information content (AvgIpc) is 2.85. The Morgan fingerprint density at radius 3 is 1.76 bits per heavy atom. The smallest absolute Gasteiger partial charge is 0.0890 e. The summed E-state index contributed by atoms with van der Waals surface area (Å²) in [6, 6.07) is 39.3. The van der Waals surface area contributed by atoms with E-state index in [2.05, 4.69) is 88.7 Å². The molecule has 0 aromatic heterocycles. The third kappa shape index (κ3) is 4.55. The molecule has 0 atom stereocenters. The van der Waals surface area contributed by atoms with Crippen molar-refractivity contribution in [1.82, 2.24) is 0 Å². The van der Waals surface area contributed by atoms with Crippen LogP contribution in [0.5, 0.6) is 0 Å². The van der Waals surface area contributed by atoms with Crippen LogP contribution in [0.4, 0.5) is 0 Å². The third-order valence-electron chi connectivity index (χ3n) is 5.77. The predicted molar refractivity (Wildman–Crippen MR) is 146 cm³/mol. The highest BCUT2D eigenvalue weighted by molar-refractivity contribution is 9.10. The van der Waals surface area contributed by atoms with Crippen LogP contribution >= 0.6 is 27.5 Å². The van der Waals surface area contributed by atoms with Gasteiger partial charge < -0.3 is 0 Å². The van der Waals surface area contributed by atoms with E-state index in [9.17, 15) is 0 Å². The first-order valence-corrected chi connectivity index (χ1v) is 11.9. The highest BCUT2D eigenvalue weighted by atomic mass is 79.9. The minimum Gasteiger partial charge on any atom is -0.0890 e. The summed E-state index contributed by atoms with van der Waals surface area (Å²) < 4.78 is 1.03. The Balaban J connectivity index is 1.74. The summed E-state index contributed by atoms with van der Waals surface area (Å²) in [6.07, 6.45) is 0. The second kappa shape index (κ2) is 9.43. The highest BCUT2D eigenvalue weighted by Crippen LogP contribution is 2.38. The average molecular weight is 506 g/mol. The molecule has 33 heavy (non-hydrogen) atoms. The molecule has 0 nitrogen and oxygen atoms in total. The summed E-state index contributed by atoms with van der Waals surface area (Å²) in [5, 5.41) is 0.721. The van der Waals surface area contributed by atoms with Gasteiger partial charge in [-0.25, -0.2) is 0 Å². The van der Waals surface area contributed by atoms with Crippen molar-refractivity contribution in [3.05, 3.63) is 125 Å². The maximum absolute atomic E-state index is 6.59. The van der Waals surface area contributed by atoms with Crippen LogP contribution in [-0.4, -0.2) is 7.85 Å². The van der Waals surface area contributed by atoms with Gasteiger partial charge in [-0.15, -0.1) is 0 Å². The molecule has 0 fully saturated rings. The zero-order valence-corrected chi connectivity index (χ0v) is 20.1. The monoisotopic (exact) mass is 504 g/mol. The van der Waals surface area contributed by atoms with Crippen LogP contribution in [0.3, 0.4) is 0 Å². The van der Waals surface area contributed by atoms with E-state index in [1.165, 1.54) is 5.56 Å². The zero-order valence-electron chi connectivity index (χ0n) is 17.8. The van der Waals surface area contributed by atoms with Crippen molar-refractivity contribution in [2.75, 3.05) is 0 Å². The first kappa shape index (κ1) is 21.8. The number of rotatable bonds is 4. The fraction of sp³-hybridized carbons (Fsp3) is 0. The van der Waals surface area contributed by atoms with Gasteiger partial charge in [-0.2, -0.15) is 0 Å². The van der Waals surface area contributed by atoms with E-state index in [4.69, 9.17) is 19.4 Å². The van der Waals surface area contributed by atoms with Crippen LogP contribution < -0.4 is 5.46 Å². The third-order valence-corrected chi connectivity index (χ3v) is 6.80. The lowest BCUT2D eigenvalue weighted by molar-refractivity contribution is 1.54. The van der Waals surface area contributed by atoms with Crippen LogP contribution in [-0.2, 0) is 0 Å². The molecule has 0 saturated carbocycles. The minimum absolute atomic E-state index is 0.721. The van der Waals surface area contributed by atoms with Gasteiger partial charge in [-0.05, 0) is 75.3 Å². The van der Waals surface area contributed by atoms with Gasteiger partial charge in [0.05, 0.1) is 0 Å². The van der Waals surface area contributed by atoms with Gasteiger partial charge in [-0.1, -0.05) is 112 Å². The molecule has 0 bridgehead atoms. The summed E-state index contributed by atoms with van der Waals surface area (Å²) in [4.78, 5) is 0. The molecule has 0 N–H and O–H groups in total. The van der Waals surface area contributed by atoms with Crippen molar-refractivity contribution >= 4 is 40.8 Å². The molecule has 156 valence electrons. The molecule has 0 unspecified atom stereocenters. The fourth-order valence-electron chi connectivity index (χ4n) is 4.11. The maximum atomic E-state index is 6.59. The minimum atomic E-state index is 0.721. The van der Waals surface area contributed by atoms with E-state index in [0.717, 1.165) is 53.9 Å². The number of halogens is 2. The van der Waals surface area contributed by atoms with Crippen molar-refractivity contribution in [3.8, 4) is 44.5 Å². The van der Waals surface area contributed by atoms with E-state index >= 15 is 0 Å². The standard InChI is InChI=1S/C30H19BBrCl/c31-28-12-6-4-10-25(28)22-16-23(26-11-5-7-13-30(26)33)18-24(17-22)27-19-21(14-15-29(27)32)20-8-2-1-3-9-20/h1-19H. The molecule has 5 aromatic rings. The molecule has 0 heterocycles. The molecule has 0 spiro atoms. The molecule has 5 aromatic carbocycles. The molecular formula is C30H19BBrCl. The maximum Gasteiger partial charge on any atom is 0.114 e. The van der Waals surface area contributed by atoms with Crippen LogP contribution in [0.2, 0.25) is 5.02 Å². The van der Waals surface area contributed by atoms with Crippen molar-refractivity contribution in [3.63, 3.8) is 0 Å². The van der Waals surface area contributed by atoms with Gasteiger partial charge >= 0.3 is 0 Å². The predicted octanol–water partition coefficient (Wildman–Crippen LogP) is 8.56. The van der Waals surface area contributed by atoms with Gasteiger partial charge in [0.15, 0.2) is 0 Å². The fourth-order valence-corrected chi connectivity index (χ4v) is 4.83. The summed E-state index contributed by atoms with van der Waals surface area (Å²) in [5.74, 6) is 0. The van der Waals surface area contributed by atoms with Crippen molar-refractivity contribution < 1.29 is 0 Å². The van der Waals surface area contributed by atoms with Gasteiger partial charge in [0.25, 0.3) is 0 Å². The summed E-state index contributed by atoms with van der Waals surface area (Å²) in [5.41, 5.74) is 9.40. The quantitative estimate of drug-likeness (QED) is 0.215. The Morgan fingerprint density at radius 1 is 0.485 bits per heavy atom. The lowest BCUT2D eigenvalue weighted by atomic mass is 9.85. The summed E-state index contributed by atoms with van der Waals surface area (Å²) >= 11 is 10.4. The molecule has 0 aliphatic carbocycles. The molecule has 0 amide bonds. The first-order valence-electron chi connectivity index (χ1n) is 10.7. The molecule has 0 saturated heterocycles. The zero-order chi connectivity index (χ0) is 22.8. The highest BCUT2D eigenvalue weighted by Gasteiger charge is 2.13. The SMILES string of the molecule is [B]c1ccccc1-c1cc(-c2ccccc2Cl)cc(-c2cc(-c3ccccc3)ccc2Br)c1. The Morgan fingerprint density at radius 2 is 1.06 bits per heavy atom. The van der Waals surface area contributed by atoms with Crippen molar-refractivity contribution in [2.45, 2.75) is 0 Å². The van der Waals surface area contributed by atoms with Gasteiger partial charge in [0.2, 0.25) is 0 Å². The molecule has 5 rings (SSSR count). The normalized spacial score (nSPS) is 10.8. The van der Waals surface area contributed by atoms with Gasteiger partial charge in [0.1, 0.15) is 7.85 Å². The molecule has 3 heteroatoms. The molecule has 0 aliphatic heterocycles. The second-order valence-electron chi connectivity index (χ2n) is 7.93. The Labute approximate surface area is 209 Å². The van der Waals surface area contributed by atoms with Gasteiger partial charge in [-0.3, -0.25) is 0 Å². The van der Waals surface area contributed by atoms with E-state index in [1.54, 1.807) is 0 Å². The largest absolute Gasteiger partial charge is 0.114 e. The van der Waals surface area contributed by atoms with Crippen LogP contribution in [0, 0.1) is 0 Å². The lowest BCUT2D eigenvalue weighted by Gasteiger charge is -2.15. The second-order valence-corrected chi connectivity index (χ2v) is 9.19. The van der Waals surface area contributed by atoms with E-state index in [0.29, 0.717) is 0 Å². The first-order chi connectivity index (χ1) is 16.1. The Bertz CT molecular complexity index is 1380. The molecule has 0 aliphatic rings. The van der Waals surface area contributed by atoms with Crippen molar-refractivity contribution in [2.24, 2.45) is 0 Å².